The van der Waals surface area contributed by atoms with Crippen molar-refractivity contribution in [2.24, 2.45) is 0 Å². The van der Waals surface area contributed by atoms with Crippen LogP contribution in [0.4, 0.5) is 5.69 Å². The lowest BCUT2D eigenvalue weighted by molar-refractivity contribution is -0.0750. The van der Waals surface area contributed by atoms with Crippen molar-refractivity contribution < 1.29 is 9.84 Å². The molecule has 2 atom stereocenters. The molecule has 1 N–H and O–H groups in total. The number of anilines is 1. The van der Waals surface area contributed by atoms with Crippen molar-refractivity contribution in [3.8, 4) is 6.07 Å². The van der Waals surface area contributed by atoms with Crippen LogP contribution in [0.1, 0.15) is 44.9 Å². The molecule has 1 aromatic rings. The molecule has 0 radical (unpaired) electrons. The minimum absolute atomic E-state index is 0.117. The minimum Gasteiger partial charge on any atom is -0.389 e. The Balaban J connectivity index is 2.42. The number of hydrogen-bond donors (Lipinski definition) is 1. The summed E-state index contributed by atoms with van der Waals surface area (Å²) < 4.78 is 5.91. The third kappa shape index (κ3) is 3.12. The Morgan fingerprint density at radius 3 is 2.75 bits per heavy atom. The summed E-state index contributed by atoms with van der Waals surface area (Å²) in [6.45, 7) is 9.42. The first-order valence-electron chi connectivity index (χ1n) is 6.97. The van der Waals surface area contributed by atoms with Gasteiger partial charge in [0.1, 0.15) is 0 Å². The van der Waals surface area contributed by atoms with E-state index in [4.69, 9.17) is 10.00 Å². The normalized spacial score (nSPS) is 23.2. The van der Waals surface area contributed by atoms with Gasteiger partial charge in [0, 0.05) is 24.3 Å². The number of aliphatic hydroxyl groups excluding tert-OH is 1. The molecular formula is C16H22N2O2. The van der Waals surface area contributed by atoms with E-state index in [9.17, 15) is 5.11 Å². The molecule has 0 aliphatic carbocycles. The molecule has 20 heavy (non-hydrogen) atoms. The summed E-state index contributed by atoms with van der Waals surface area (Å²) in [6.07, 6.45) is -0.439. The van der Waals surface area contributed by atoms with Crippen LogP contribution in [0.5, 0.6) is 0 Å². The van der Waals surface area contributed by atoms with Crippen LogP contribution in [0.2, 0.25) is 0 Å². The quantitative estimate of drug-likeness (QED) is 0.900. The van der Waals surface area contributed by atoms with Gasteiger partial charge in [0.25, 0.3) is 0 Å². The van der Waals surface area contributed by atoms with Crippen LogP contribution in [0.25, 0.3) is 0 Å². The number of benzene rings is 1. The molecule has 1 heterocycles. The zero-order valence-electron chi connectivity index (χ0n) is 12.6. The van der Waals surface area contributed by atoms with Crippen LogP contribution in [-0.4, -0.2) is 29.9 Å². The zero-order chi connectivity index (χ0) is 14.9. The van der Waals surface area contributed by atoms with Crippen molar-refractivity contribution in [3.05, 3.63) is 29.3 Å². The molecule has 1 unspecified atom stereocenters. The van der Waals surface area contributed by atoms with Gasteiger partial charge in [0.15, 0.2) is 0 Å². The molecule has 1 aromatic carbocycles. The summed E-state index contributed by atoms with van der Waals surface area (Å²) in [5.41, 5.74) is 2.16. The Bertz CT molecular complexity index is 532. The van der Waals surface area contributed by atoms with Crippen molar-refractivity contribution in [3.63, 3.8) is 0 Å². The van der Waals surface area contributed by atoms with E-state index in [0.29, 0.717) is 5.56 Å². The first-order valence-corrected chi connectivity index (χ1v) is 6.97. The van der Waals surface area contributed by atoms with Gasteiger partial charge in [-0.05, 0) is 39.8 Å². The molecule has 0 amide bonds. The number of morpholine rings is 1. The van der Waals surface area contributed by atoms with Gasteiger partial charge in [0.2, 0.25) is 0 Å². The van der Waals surface area contributed by atoms with Crippen LogP contribution >= 0.6 is 0 Å². The highest BCUT2D eigenvalue weighted by molar-refractivity contribution is 5.59. The maximum atomic E-state index is 9.95. The van der Waals surface area contributed by atoms with Crippen molar-refractivity contribution in [2.75, 3.05) is 18.0 Å². The number of ether oxygens (including phenoxy) is 1. The van der Waals surface area contributed by atoms with Crippen molar-refractivity contribution in [1.29, 1.82) is 5.26 Å². The van der Waals surface area contributed by atoms with Gasteiger partial charge >= 0.3 is 0 Å². The topological polar surface area (TPSA) is 56.5 Å². The first kappa shape index (κ1) is 14.8. The molecule has 2 rings (SSSR count). The third-order valence-corrected chi connectivity index (χ3v) is 3.52. The first-order chi connectivity index (χ1) is 9.32. The molecular weight excluding hydrogens is 252 g/mol. The van der Waals surface area contributed by atoms with Crippen molar-refractivity contribution in [1.82, 2.24) is 0 Å². The van der Waals surface area contributed by atoms with E-state index in [0.717, 1.165) is 24.3 Å². The SMILES string of the molecule is CC1CN(c2cc(C#N)ccc2[C@@H](C)O)CC(C)(C)O1. The largest absolute Gasteiger partial charge is 0.389 e. The highest BCUT2D eigenvalue weighted by Crippen LogP contribution is 2.32. The highest BCUT2D eigenvalue weighted by Gasteiger charge is 2.32. The van der Waals surface area contributed by atoms with E-state index in [1.807, 2.05) is 19.1 Å². The molecule has 0 bridgehead atoms. The summed E-state index contributed by atoms with van der Waals surface area (Å²) in [4.78, 5) is 2.21. The van der Waals surface area contributed by atoms with Crippen LogP contribution in [0.3, 0.4) is 0 Å². The smallest absolute Gasteiger partial charge is 0.0992 e. The fraction of sp³-hybridized carbons (Fsp3) is 0.562. The van der Waals surface area contributed by atoms with E-state index >= 15 is 0 Å². The lowest BCUT2D eigenvalue weighted by Gasteiger charge is -2.43. The van der Waals surface area contributed by atoms with E-state index < -0.39 is 6.10 Å². The number of nitrogens with zero attached hydrogens (tertiary/aromatic N) is 2. The molecule has 108 valence electrons. The van der Waals surface area contributed by atoms with Gasteiger partial charge < -0.3 is 14.7 Å². The molecule has 0 saturated carbocycles. The number of hydrogen-bond acceptors (Lipinski definition) is 4. The van der Waals surface area contributed by atoms with Gasteiger partial charge in [-0.2, -0.15) is 5.26 Å². The maximum Gasteiger partial charge on any atom is 0.0992 e. The second-order valence-electron chi connectivity index (χ2n) is 6.13. The summed E-state index contributed by atoms with van der Waals surface area (Å²) in [5.74, 6) is 0. The number of aliphatic hydroxyl groups is 1. The van der Waals surface area contributed by atoms with Crippen LogP contribution in [-0.2, 0) is 4.74 Å². The molecule has 1 aliphatic heterocycles. The van der Waals surface area contributed by atoms with E-state index in [-0.39, 0.29) is 11.7 Å². The Labute approximate surface area is 120 Å². The second-order valence-corrected chi connectivity index (χ2v) is 6.13. The number of rotatable bonds is 2. The molecule has 1 fully saturated rings. The maximum absolute atomic E-state index is 9.95. The fourth-order valence-corrected chi connectivity index (χ4v) is 2.88. The number of nitriles is 1. The fourth-order valence-electron chi connectivity index (χ4n) is 2.88. The summed E-state index contributed by atoms with van der Waals surface area (Å²) in [5, 5.41) is 19.0. The Hall–Kier alpha value is -1.57. The predicted octanol–water partition coefficient (Wildman–Crippen LogP) is 2.62. The Kier molecular flexibility index (Phi) is 4.03. The van der Waals surface area contributed by atoms with Crippen molar-refractivity contribution in [2.45, 2.75) is 45.5 Å². The van der Waals surface area contributed by atoms with Crippen LogP contribution < -0.4 is 4.90 Å². The molecule has 1 saturated heterocycles. The van der Waals surface area contributed by atoms with E-state index in [2.05, 4.69) is 24.8 Å². The van der Waals surface area contributed by atoms with E-state index in [1.165, 1.54) is 0 Å². The van der Waals surface area contributed by atoms with Gasteiger partial charge in [-0.3, -0.25) is 0 Å². The van der Waals surface area contributed by atoms with Crippen LogP contribution in [0.15, 0.2) is 18.2 Å². The standard InChI is InChI=1S/C16H22N2O2/c1-11-9-18(10-16(3,4)20-11)15-7-13(8-17)5-6-14(15)12(2)19/h5-7,11-12,19H,9-10H2,1-4H3/t11?,12-/m1/s1. The zero-order valence-corrected chi connectivity index (χ0v) is 12.6. The van der Waals surface area contributed by atoms with Gasteiger partial charge in [-0.25, -0.2) is 0 Å². The summed E-state index contributed by atoms with van der Waals surface area (Å²) in [6, 6.07) is 7.61. The minimum atomic E-state index is -0.556. The lowest BCUT2D eigenvalue weighted by Crippen LogP contribution is -2.52. The molecule has 4 nitrogen and oxygen atoms in total. The molecule has 4 heteroatoms. The Morgan fingerprint density at radius 1 is 1.50 bits per heavy atom. The van der Waals surface area contributed by atoms with Crippen LogP contribution in [0, 0.1) is 11.3 Å². The Morgan fingerprint density at radius 2 is 2.20 bits per heavy atom. The van der Waals surface area contributed by atoms with E-state index in [1.54, 1.807) is 13.0 Å². The highest BCUT2D eigenvalue weighted by atomic mass is 16.5. The monoisotopic (exact) mass is 274 g/mol. The van der Waals surface area contributed by atoms with Gasteiger partial charge in [0.05, 0.1) is 29.4 Å². The molecule has 0 aromatic heterocycles. The summed E-state index contributed by atoms with van der Waals surface area (Å²) >= 11 is 0. The lowest BCUT2D eigenvalue weighted by atomic mass is 10.00. The van der Waals surface area contributed by atoms with Crippen molar-refractivity contribution >= 4 is 5.69 Å². The molecule has 0 spiro atoms. The van der Waals surface area contributed by atoms with Gasteiger partial charge in [-0.1, -0.05) is 6.07 Å². The second kappa shape index (κ2) is 5.43. The average molecular weight is 274 g/mol. The summed E-state index contributed by atoms with van der Waals surface area (Å²) in [7, 11) is 0. The average Bonchev–Trinajstić information content (AvgIpc) is 2.35. The predicted molar refractivity (Wildman–Crippen MR) is 78.6 cm³/mol. The molecule has 1 aliphatic rings. The third-order valence-electron chi connectivity index (χ3n) is 3.52. The van der Waals surface area contributed by atoms with Gasteiger partial charge in [-0.15, -0.1) is 0 Å².